The minimum Gasteiger partial charge on any atom is -0.325 e. The number of hydrogen-bond acceptors (Lipinski definition) is 2. The van der Waals surface area contributed by atoms with Gasteiger partial charge >= 0.3 is 0 Å². The molecule has 1 amide bonds. The van der Waals surface area contributed by atoms with Crippen LogP contribution in [0, 0.1) is 0 Å². The zero-order valence-corrected chi connectivity index (χ0v) is 12.2. The minimum absolute atomic E-state index is 0.0207. The van der Waals surface area contributed by atoms with E-state index in [1.165, 1.54) is 5.56 Å². The molecule has 104 valence electrons. The first-order chi connectivity index (χ1) is 9.05. The van der Waals surface area contributed by atoms with Crippen molar-refractivity contribution < 1.29 is 4.79 Å². The topological polar surface area (TPSA) is 32.3 Å². The molecule has 0 aliphatic rings. The highest BCUT2D eigenvalue weighted by Gasteiger charge is 2.09. The van der Waals surface area contributed by atoms with Gasteiger partial charge in [0.1, 0.15) is 0 Å². The highest BCUT2D eigenvalue weighted by Crippen LogP contribution is 2.10. The van der Waals surface area contributed by atoms with Crippen molar-refractivity contribution in [2.45, 2.75) is 27.2 Å². The molecule has 0 atom stereocenters. The molecule has 1 N–H and O–H groups in total. The van der Waals surface area contributed by atoms with Gasteiger partial charge in [-0.1, -0.05) is 38.1 Å². The Morgan fingerprint density at radius 1 is 1.21 bits per heavy atom. The van der Waals surface area contributed by atoms with Crippen LogP contribution in [0.1, 0.15) is 26.3 Å². The number of carbonyl (C=O) groups is 1. The highest BCUT2D eigenvalue weighted by molar-refractivity contribution is 5.92. The molecule has 1 rings (SSSR count). The van der Waals surface area contributed by atoms with Gasteiger partial charge in [-0.05, 0) is 37.6 Å². The molecule has 0 radical (unpaired) electrons. The lowest BCUT2D eigenvalue weighted by atomic mass is 10.1. The Kier molecular flexibility index (Phi) is 6.30. The number of benzene rings is 1. The van der Waals surface area contributed by atoms with Crippen LogP contribution in [0.4, 0.5) is 5.69 Å². The molecule has 0 aliphatic carbocycles. The maximum Gasteiger partial charge on any atom is 0.238 e. The molecule has 0 unspecified atom stereocenters. The lowest BCUT2D eigenvalue weighted by molar-refractivity contribution is -0.117. The molecule has 0 saturated heterocycles. The summed E-state index contributed by atoms with van der Waals surface area (Å²) in [6, 6.07) is 7.99. The summed E-state index contributed by atoms with van der Waals surface area (Å²) in [4.78, 5) is 14.0. The Bertz CT molecular complexity index is 423. The van der Waals surface area contributed by atoms with Crippen LogP contribution in [0.3, 0.4) is 0 Å². The molecular weight excluding hydrogens is 236 g/mol. The summed E-state index contributed by atoms with van der Waals surface area (Å²) in [6.45, 7) is 12.0. The van der Waals surface area contributed by atoms with Crippen molar-refractivity contribution in [1.29, 1.82) is 0 Å². The van der Waals surface area contributed by atoms with Crippen LogP contribution in [-0.4, -0.2) is 30.4 Å². The molecule has 19 heavy (non-hydrogen) atoms. The van der Waals surface area contributed by atoms with E-state index in [1.54, 1.807) is 0 Å². The van der Waals surface area contributed by atoms with E-state index in [0.717, 1.165) is 30.8 Å². The molecule has 0 heterocycles. The fourth-order valence-electron chi connectivity index (χ4n) is 1.89. The average Bonchev–Trinajstić information content (AvgIpc) is 2.38. The van der Waals surface area contributed by atoms with Gasteiger partial charge in [-0.2, -0.15) is 0 Å². The molecule has 0 saturated carbocycles. The molecule has 3 nitrogen and oxygen atoms in total. The third-order valence-corrected chi connectivity index (χ3v) is 2.95. The number of aryl methyl sites for hydroxylation is 1. The Balaban J connectivity index is 2.51. The summed E-state index contributed by atoms with van der Waals surface area (Å²) in [5, 5.41) is 2.92. The van der Waals surface area contributed by atoms with Crippen molar-refractivity contribution in [3.8, 4) is 0 Å². The van der Waals surface area contributed by atoms with Crippen molar-refractivity contribution in [3.63, 3.8) is 0 Å². The SMILES string of the molecule is C=C(C)CN(CC)CC(=O)Nc1ccc(CC)cc1. The van der Waals surface area contributed by atoms with Crippen LogP contribution >= 0.6 is 0 Å². The van der Waals surface area contributed by atoms with Crippen LogP contribution in [0.5, 0.6) is 0 Å². The van der Waals surface area contributed by atoms with E-state index < -0.39 is 0 Å². The normalized spacial score (nSPS) is 10.5. The standard InChI is InChI=1S/C16H24N2O/c1-5-14-7-9-15(10-8-14)17-16(19)12-18(6-2)11-13(3)4/h7-10H,3,5-6,11-12H2,1-2,4H3,(H,17,19). The van der Waals surface area contributed by atoms with Crippen molar-refractivity contribution >= 4 is 11.6 Å². The first kappa shape index (κ1) is 15.4. The Hall–Kier alpha value is -1.61. The van der Waals surface area contributed by atoms with Gasteiger partial charge in [0, 0.05) is 12.2 Å². The van der Waals surface area contributed by atoms with E-state index in [1.807, 2.05) is 38.1 Å². The van der Waals surface area contributed by atoms with Crippen LogP contribution in [-0.2, 0) is 11.2 Å². The molecular formula is C16H24N2O. The lowest BCUT2D eigenvalue weighted by Crippen LogP contribution is -2.34. The predicted molar refractivity (Wildman–Crippen MR) is 81.4 cm³/mol. The molecule has 3 heteroatoms. The largest absolute Gasteiger partial charge is 0.325 e. The maximum absolute atomic E-state index is 11.9. The van der Waals surface area contributed by atoms with Gasteiger partial charge in [-0.25, -0.2) is 0 Å². The third-order valence-electron chi connectivity index (χ3n) is 2.95. The monoisotopic (exact) mass is 260 g/mol. The molecule has 0 spiro atoms. The number of nitrogens with one attached hydrogen (secondary N) is 1. The second kappa shape index (κ2) is 7.74. The van der Waals surface area contributed by atoms with Crippen molar-refractivity contribution in [2.75, 3.05) is 25.0 Å². The van der Waals surface area contributed by atoms with Crippen LogP contribution in [0.2, 0.25) is 0 Å². The first-order valence-electron chi connectivity index (χ1n) is 6.80. The van der Waals surface area contributed by atoms with Gasteiger partial charge < -0.3 is 5.32 Å². The number of hydrogen-bond donors (Lipinski definition) is 1. The van der Waals surface area contributed by atoms with Crippen LogP contribution in [0.25, 0.3) is 0 Å². The molecule has 1 aromatic rings. The number of rotatable bonds is 7. The highest BCUT2D eigenvalue weighted by atomic mass is 16.2. The Morgan fingerprint density at radius 2 is 1.84 bits per heavy atom. The predicted octanol–water partition coefficient (Wildman–Crippen LogP) is 3.09. The summed E-state index contributed by atoms with van der Waals surface area (Å²) in [7, 11) is 0. The number of nitrogens with zero attached hydrogens (tertiary/aromatic N) is 1. The summed E-state index contributed by atoms with van der Waals surface area (Å²) in [6.07, 6.45) is 1.01. The van der Waals surface area contributed by atoms with Gasteiger partial charge in [0.15, 0.2) is 0 Å². The van der Waals surface area contributed by atoms with Gasteiger partial charge in [-0.3, -0.25) is 9.69 Å². The second-order valence-electron chi connectivity index (χ2n) is 4.86. The van der Waals surface area contributed by atoms with E-state index in [4.69, 9.17) is 0 Å². The second-order valence-corrected chi connectivity index (χ2v) is 4.86. The summed E-state index contributed by atoms with van der Waals surface area (Å²) < 4.78 is 0. The third kappa shape index (κ3) is 5.71. The molecule has 0 aliphatic heterocycles. The molecule has 0 bridgehead atoms. The van der Waals surface area contributed by atoms with Crippen molar-refractivity contribution in [2.24, 2.45) is 0 Å². The van der Waals surface area contributed by atoms with Crippen molar-refractivity contribution in [3.05, 3.63) is 42.0 Å². The van der Waals surface area contributed by atoms with Gasteiger partial charge in [0.05, 0.1) is 6.54 Å². The Labute approximate surface area is 116 Å². The smallest absolute Gasteiger partial charge is 0.238 e. The van der Waals surface area contributed by atoms with Gasteiger partial charge in [0.2, 0.25) is 5.91 Å². The van der Waals surface area contributed by atoms with E-state index in [0.29, 0.717) is 6.54 Å². The quantitative estimate of drug-likeness (QED) is 0.764. The van der Waals surface area contributed by atoms with Gasteiger partial charge in [-0.15, -0.1) is 0 Å². The number of amides is 1. The van der Waals surface area contributed by atoms with Crippen LogP contribution < -0.4 is 5.32 Å². The lowest BCUT2D eigenvalue weighted by Gasteiger charge is -2.19. The number of anilines is 1. The van der Waals surface area contributed by atoms with Crippen molar-refractivity contribution in [1.82, 2.24) is 4.90 Å². The number of likely N-dealkylation sites (N-methyl/N-ethyl adjacent to an activating group) is 1. The van der Waals surface area contributed by atoms with Gasteiger partial charge in [0.25, 0.3) is 0 Å². The van der Waals surface area contributed by atoms with E-state index in [2.05, 4.69) is 23.7 Å². The summed E-state index contributed by atoms with van der Waals surface area (Å²) >= 11 is 0. The van der Waals surface area contributed by atoms with E-state index >= 15 is 0 Å². The zero-order chi connectivity index (χ0) is 14.3. The average molecular weight is 260 g/mol. The summed E-state index contributed by atoms with van der Waals surface area (Å²) in [5.74, 6) is 0.0207. The molecule has 0 fully saturated rings. The molecule has 0 aromatic heterocycles. The Morgan fingerprint density at radius 3 is 2.32 bits per heavy atom. The van der Waals surface area contributed by atoms with E-state index in [-0.39, 0.29) is 5.91 Å². The minimum atomic E-state index is 0.0207. The maximum atomic E-state index is 11.9. The summed E-state index contributed by atoms with van der Waals surface area (Å²) in [5.41, 5.74) is 3.20. The van der Waals surface area contributed by atoms with Crippen LogP contribution in [0.15, 0.2) is 36.4 Å². The zero-order valence-electron chi connectivity index (χ0n) is 12.2. The fraction of sp³-hybridized carbons (Fsp3) is 0.438. The fourth-order valence-corrected chi connectivity index (χ4v) is 1.89. The molecule has 1 aromatic carbocycles. The first-order valence-corrected chi connectivity index (χ1v) is 6.80. The number of carbonyl (C=O) groups excluding carboxylic acids is 1. The van der Waals surface area contributed by atoms with E-state index in [9.17, 15) is 4.79 Å².